The molecular weight excluding hydrogens is 288 g/mol. The smallest absolute Gasteiger partial charge is 0.328 e. The fourth-order valence-corrected chi connectivity index (χ4v) is 1.82. The van der Waals surface area contributed by atoms with Crippen LogP contribution in [0.25, 0.3) is 0 Å². The number of nitrogens with one attached hydrogen (secondary N) is 1. The maximum Gasteiger partial charge on any atom is 0.328 e. The fourth-order valence-electron chi connectivity index (χ4n) is 1.82. The molecule has 0 saturated carbocycles. The number of methoxy groups -OCH3 is 2. The van der Waals surface area contributed by atoms with E-state index in [1.807, 2.05) is 30.3 Å². The molecule has 0 aliphatic rings. The van der Waals surface area contributed by atoms with Crippen LogP contribution in [-0.2, 0) is 30.3 Å². The van der Waals surface area contributed by atoms with Crippen LogP contribution < -0.4 is 11.1 Å². The number of esters is 2. The molecule has 1 aromatic rings. The van der Waals surface area contributed by atoms with Crippen molar-refractivity contribution in [2.24, 2.45) is 5.73 Å². The SMILES string of the molecule is COC(=O)C[C@H](N)C(=O)N[C@H](Cc1ccccc1)C(=O)OC. The van der Waals surface area contributed by atoms with E-state index < -0.39 is 29.9 Å². The van der Waals surface area contributed by atoms with Gasteiger partial charge in [0.15, 0.2) is 0 Å². The number of carbonyl (C=O) groups is 3. The van der Waals surface area contributed by atoms with Crippen LogP contribution in [0.2, 0.25) is 0 Å². The van der Waals surface area contributed by atoms with E-state index in [2.05, 4.69) is 14.8 Å². The Morgan fingerprint density at radius 3 is 2.32 bits per heavy atom. The van der Waals surface area contributed by atoms with Crippen molar-refractivity contribution in [3.05, 3.63) is 35.9 Å². The summed E-state index contributed by atoms with van der Waals surface area (Å²) in [4.78, 5) is 34.9. The maximum absolute atomic E-state index is 12.0. The number of amides is 1. The maximum atomic E-state index is 12.0. The minimum absolute atomic E-state index is 0.262. The molecule has 0 radical (unpaired) electrons. The van der Waals surface area contributed by atoms with Crippen LogP contribution in [0.5, 0.6) is 0 Å². The zero-order valence-corrected chi connectivity index (χ0v) is 12.6. The molecular formula is C15H20N2O5. The van der Waals surface area contributed by atoms with Crippen molar-refractivity contribution in [2.75, 3.05) is 14.2 Å². The van der Waals surface area contributed by atoms with Gasteiger partial charge in [0.2, 0.25) is 5.91 Å². The Bertz CT molecular complexity index is 518. The molecule has 0 spiro atoms. The van der Waals surface area contributed by atoms with Crippen molar-refractivity contribution in [1.29, 1.82) is 0 Å². The molecule has 0 bridgehead atoms. The van der Waals surface area contributed by atoms with Gasteiger partial charge in [0.25, 0.3) is 0 Å². The number of hydrogen-bond donors (Lipinski definition) is 2. The second-order valence-corrected chi connectivity index (χ2v) is 4.66. The standard InChI is InChI=1S/C15H20N2O5/c1-21-13(18)9-11(16)14(19)17-12(15(20)22-2)8-10-6-4-3-5-7-10/h3-7,11-12H,8-9,16H2,1-2H3,(H,17,19)/t11-,12+/m0/s1. The normalized spacial score (nSPS) is 12.9. The van der Waals surface area contributed by atoms with Crippen molar-refractivity contribution < 1.29 is 23.9 Å². The van der Waals surface area contributed by atoms with Gasteiger partial charge in [-0.1, -0.05) is 30.3 Å². The number of rotatable bonds is 7. The van der Waals surface area contributed by atoms with Gasteiger partial charge in [-0.3, -0.25) is 9.59 Å². The molecule has 22 heavy (non-hydrogen) atoms. The van der Waals surface area contributed by atoms with E-state index in [0.717, 1.165) is 5.56 Å². The van der Waals surface area contributed by atoms with E-state index in [4.69, 9.17) is 5.73 Å². The Labute approximate surface area is 128 Å². The first-order chi connectivity index (χ1) is 10.5. The van der Waals surface area contributed by atoms with Gasteiger partial charge >= 0.3 is 11.9 Å². The number of carbonyl (C=O) groups excluding carboxylic acids is 3. The summed E-state index contributed by atoms with van der Waals surface area (Å²) in [7, 11) is 2.44. The molecule has 2 atom stereocenters. The molecule has 7 heteroatoms. The lowest BCUT2D eigenvalue weighted by molar-refractivity contribution is -0.145. The summed E-state index contributed by atoms with van der Waals surface area (Å²) < 4.78 is 9.13. The third-order valence-electron chi connectivity index (χ3n) is 3.04. The molecule has 0 aliphatic heterocycles. The minimum atomic E-state index is -1.09. The van der Waals surface area contributed by atoms with Crippen molar-refractivity contribution in [3.63, 3.8) is 0 Å². The number of nitrogens with two attached hydrogens (primary N) is 1. The predicted molar refractivity (Wildman–Crippen MR) is 78.7 cm³/mol. The molecule has 3 N–H and O–H groups in total. The summed E-state index contributed by atoms with van der Waals surface area (Å²) in [6, 6.07) is 7.20. The van der Waals surface area contributed by atoms with Crippen LogP contribution in [0.4, 0.5) is 0 Å². The summed E-state index contributed by atoms with van der Waals surface area (Å²) in [6.45, 7) is 0. The number of benzene rings is 1. The molecule has 0 fully saturated rings. The van der Waals surface area contributed by atoms with Crippen LogP contribution in [0.3, 0.4) is 0 Å². The highest BCUT2D eigenvalue weighted by Crippen LogP contribution is 2.05. The summed E-state index contributed by atoms with van der Waals surface area (Å²) in [5, 5.41) is 2.50. The molecule has 120 valence electrons. The van der Waals surface area contributed by atoms with Crippen molar-refractivity contribution in [1.82, 2.24) is 5.32 Å². The molecule has 1 rings (SSSR count). The first kappa shape index (κ1) is 17.6. The van der Waals surface area contributed by atoms with Crippen LogP contribution in [0.15, 0.2) is 30.3 Å². The van der Waals surface area contributed by atoms with Gasteiger partial charge in [-0.25, -0.2) is 4.79 Å². The van der Waals surface area contributed by atoms with E-state index in [-0.39, 0.29) is 12.8 Å². The molecule has 1 aromatic carbocycles. The van der Waals surface area contributed by atoms with E-state index in [1.54, 1.807) is 0 Å². The molecule has 0 aliphatic carbocycles. The predicted octanol–water partition coefficient (Wildman–Crippen LogP) is -0.223. The number of hydrogen-bond acceptors (Lipinski definition) is 6. The highest BCUT2D eigenvalue weighted by Gasteiger charge is 2.26. The van der Waals surface area contributed by atoms with Gasteiger partial charge < -0.3 is 20.5 Å². The van der Waals surface area contributed by atoms with Gasteiger partial charge in [0, 0.05) is 6.42 Å². The first-order valence-electron chi connectivity index (χ1n) is 6.72. The molecule has 1 amide bonds. The summed E-state index contributed by atoms with van der Waals surface area (Å²) in [5.41, 5.74) is 6.47. The summed E-state index contributed by atoms with van der Waals surface area (Å²) in [5.74, 6) is -1.79. The van der Waals surface area contributed by atoms with E-state index in [1.165, 1.54) is 14.2 Å². The second kappa shape index (κ2) is 8.78. The third-order valence-corrected chi connectivity index (χ3v) is 3.04. The Morgan fingerprint density at radius 1 is 1.14 bits per heavy atom. The zero-order valence-electron chi connectivity index (χ0n) is 12.6. The highest BCUT2D eigenvalue weighted by molar-refractivity contribution is 5.90. The van der Waals surface area contributed by atoms with E-state index >= 15 is 0 Å². The monoisotopic (exact) mass is 308 g/mol. The number of ether oxygens (including phenoxy) is 2. The third kappa shape index (κ3) is 5.53. The van der Waals surface area contributed by atoms with E-state index in [9.17, 15) is 14.4 Å². The zero-order chi connectivity index (χ0) is 16.5. The topological polar surface area (TPSA) is 108 Å². The second-order valence-electron chi connectivity index (χ2n) is 4.66. The van der Waals surface area contributed by atoms with Crippen molar-refractivity contribution in [3.8, 4) is 0 Å². The summed E-state index contributed by atoms with van der Waals surface area (Å²) >= 11 is 0. The quantitative estimate of drug-likeness (QED) is 0.674. The lowest BCUT2D eigenvalue weighted by Crippen LogP contribution is -2.50. The first-order valence-corrected chi connectivity index (χ1v) is 6.72. The molecule has 0 saturated heterocycles. The Kier molecular flexibility index (Phi) is 7.04. The molecule has 0 unspecified atom stereocenters. The van der Waals surface area contributed by atoms with Gasteiger partial charge in [-0.15, -0.1) is 0 Å². The van der Waals surface area contributed by atoms with Gasteiger partial charge in [-0.2, -0.15) is 0 Å². The molecule has 0 heterocycles. The van der Waals surface area contributed by atoms with Crippen LogP contribution in [0, 0.1) is 0 Å². The fraction of sp³-hybridized carbons (Fsp3) is 0.400. The Balaban J connectivity index is 2.70. The molecule has 7 nitrogen and oxygen atoms in total. The molecule has 0 aromatic heterocycles. The van der Waals surface area contributed by atoms with Crippen LogP contribution in [0.1, 0.15) is 12.0 Å². The van der Waals surface area contributed by atoms with Crippen LogP contribution >= 0.6 is 0 Å². The average Bonchev–Trinajstić information content (AvgIpc) is 2.54. The summed E-state index contributed by atoms with van der Waals surface area (Å²) in [6.07, 6.45) is 0.00571. The van der Waals surface area contributed by atoms with Crippen molar-refractivity contribution >= 4 is 17.8 Å². The van der Waals surface area contributed by atoms with Gasteiger partial charge in [0.1, 0.15) is 6.04 Å². The lowest BCUT2D eigenvalue weighted by Gasteiger charge is -2.19. The van der Waals surface area contributed by atoms with Crippen molar-refractivity contribution in [2.45, 2.75) is 24.9 Å². The Morgan fingerprint density at radius 2 is 1.77 bits per heavy atom. The minimum Gasteiger partial charge on any atom is -0.469 e. The average molecular weight is 308 g/mol. The van der Waals surface area contributed by atoms with Crippen LogP contribution in [-0.4, -0.2) is 44.1 Å². The lowest BCUT2D eigenvalue weighted by atomic mass is 10.1. The van der Waals surface area contributed by atoms with Gasteiger partial charge in [-0.05, 0) is 5.56 Å². The van der Waals surface area contributed by atoms with Gasteiger partial charge in [0.05, 0.1) is 26.7 Å². The van der Waals surface area contributed by atoms with E-state index in [0.29, 0.717) is 0 Å². The largest absolute Gasteiger partial charge is 0.469 e. The highest BCUT2D eigenvalue weighted by atomic mass is 16.5. The Hall–Kier alpha value is -2.41.